The van der Waals surface area contributed by atoms with Gasteiger partial charge in [-0.2, -0.15) is 5.26 Å². The highest BCUT2D eigenvalue weighted by atomic mass is 16.2. The Bertz CT molecular complexity index is 466. The minimum Gasteiger partial charge on any atom is -0.340 e. The molecule has 1 rings (SSSR count). The van der Waals surface area contributed by atoms with Crippen LogP contribution in [0.2, 0.25) is 0 Å². The first-order valence-corrected chi connectivity index (χ1v) is 6.30. The molecule has 0 unspecified atom stereocenters. The first-order valence-electron chi connectivity index (χ1n) is 6.30. The number of carbonyl (C=O) groups is 1. The Labute approximate surface area is 115 Å². The van der Waals surface area contributed by atoms with Crippen molar-refractivity contribution in [2.45, 2.75) is 32.9 Å². The summed E-state index contributed by atoms with van der Waals surface area (Å²) in [6.07, 6.45) is 0. The van der Waals surface area contributed by atoms with Gasteiger partial charge in [-0.3, -0.25) is 4.79 Å². The quantitative estimate of drug-likeness (QED) is 0.898. The molecule has 1 amide bonds. The van der Waals surface area contributed by atoms with Gasteiger partial charge < -0.3 is 10.2 Å². The van der Waals surface area contributed by atoms with Crippen LogP contribution in [-0.4, -0.2) is 29.9 Å². The summed E-state index contributed by atoms with van der Waals surface area (Å²) in [5.74, 6) is 0.0549. The van der Waals surface area contributed by atoms with Crippen LogP contribution >= 0.6 is 0 Å². The lowest BCUT2D eigenvalue weighted by Gasteiger charge is -2.23. The summed E-state index contributed by atoms with van der Waals surface area (Å²) in [4.78, 5) is 13.6. The standard InChI is InChI=1S/C15H21N3O/c1-15(2,3)17-10-14(19)18(4)11-13-7-5-12(9-16)6-8-13/h5-8,17H,10-11H2,1-4H3. The highest BCUT2D eigenvalue weighted by molar-refractivity contribution is 5.78. The van der Waals surface area contributed by atoms with Crippen molar-refractivity contribution in [1.29, 1.82) is 5.26 Å². The summed E-state index contributed by atoms with van der Waals surface area (Å²) in [7, 11) is 1.78. The lowest BCUT2D eigenvalue weighted by Crippen LogP contribution is -2.43. The minimum absolute atomic E-state index is 0.0549. The van der Waals surface area contributed by atoms with E-state index in [4.69, 9.17) is 5.26 Å². The summed E-state index contributed by atoms with van der Waals surface area (Å²) in [5, 5.41) is 11.9. The van der Waals surface area contributed by atoms with Crippen molar-refractivity contribution in [3.63, 3.8) is 0 Å². The van der Waals surface area contributed by atoms with Gasteiger partial charge in [0.25, 0.3) is 0 Å². The van der Waals surface area contributed by atoms with Gasteiger partial charge >= 0.3 is 0 Å². The van der Waals surface area contributed by atoms with E-state index in [0.29, 0.717) is 18.7 Å². The number of nitrogens with one attached hydrogen (secondary N) is 1. The zero-order valence-electron chi connectivity index (χ0n) is 12.0. The summed E-state index contributed by atoms with van der Waals surface area (Å²) in [5.41, 5.74) is 1.59. The minimum atomic E-state index is -0.0645. The molecule has 0 aliphatic rings. The molecule has 19 heavy (non-hydrogen) atoms. The Morgan fingerprint density at radius 3 is 2.37 bits per heavy atom. The molecular formula is C15H21N3O. The van der Waals surface area contributed by atoms with E-state index in [1.807, 2.05) is 32.9 Å². The molecule has 0 aliphatic carbocycles. The molecular weight excluding hydrogens is 238 g/mol. The monoisotopic (exact) mass is 259 g/mol. The van der Waals surface area contributed by atoms with Crippen LogP contribution < -0.4 is 5.32 Å². The third-order valence-electron chi connectivity index (χ3n) is 2.70. The number of likely N-dealkylation sites (N-methyl/N-ethyl adjacent to an activating group) is 1. The predicted octanol–water partition coefficient (Wildman–Crippen LogP) is 1.90. The summed E-state index contributed by atoms with van der Waals surface area (Å²) >= 11 is 0. The fraction of sp³-hybridized carbons (Fsp3) is 0.467. The molecule has 0 heterocycles. The first-order chi connectivity index (χ1) is 8.81. The van der Waals surface area contributed by atoms with Crippen LogP contribution in [0.15, 0.2) is 24.3 Å². The second-order valence-electron chi connectivity index (χ2n) is 5.66. The van der Waals surface area contributed by atoms with Crippen LogP contribution in [0.25, 0.3) is 0 Å². The third-order valence-corrected chi connectivity index (χ3v) is 2.70. The first kappa shape index (κ1) is 15.2. The van der Waals surface area contributed by atoms with Crippen molar-refractivity contribution in [1.82, 2.24) is 10.2 Å². The molecule has 0 aromatic heterocycles. The smallest absolute Gasteiger partial charge is 0.236 e. The second-order valence-corrected chi connectivity index (χ2v) is 5.66. The Balaban J connectivity index is 2.51. The highest BCUT2D eigenvalue weighted by Gasteiger charge is 2.14. The van der Waals surface area contributed by atoms with Gasteiger partial charge in [-0.25, -0.2) is 0 Å². The molecule has 1 aromatic carbocycles. The summed E-state index contributed by atoms with van der Waals surface area (Å²) < 4.78 is 0. The molecule has 1 aromatic rings. The maximum Gasteiger partial charge on any atom is 0.236 e. The summed E-state index contributed by atoms with van der Waals surface area (Å²) in [6, 6.07) is 9.36. The van der Waals surface area contributed by atoms with E-state index in [1.165, 1.54) is 0 Å². The van der Waals surface area contributed by atoms with Gasteiger partial charge in [-0.1, -0.05) is 12.1 Å². The van der Waals surface area contributed by atoms with E-state index in [2.05, 4.69) is 11.4 Å². The van der Waals surface area contributed by atoms with Gasteiger partial charge in [-0.15, -0.1) is 0 Å². The Morgan fingerprint density at radius 1 is 1.32 bits per heavy atom. The Kier molecular flexibility index (Phi) is 5.08. The number of amides is 1. The van der Waals surface area contributed by atoms with Crippen molar-refractivity contribution in [3.8, 4) is 6.07 Å². The molecule has 4 heteroatoms. The van der Waals surface area contributed by atoms with Crippen molar-refractivity contribution in [3.05, 3.63) is 35.4 Å². The van der Waals surface area contributed by atoms with E-state index < -0.39 is 0 Å². The number of hydrogen-bond donors (Lipinski definition) is 1. The molecule has 0 aliphatic heterocycles. The fourth-order valence-corrected chi connectivity index (χ4v) is 1.52. The lowest BCUT2D eigenvalue weighted by atomic mass is 10.1. The number of benzene rings is 1. The number of nitrogens with zero attached hydrogens (tertiary/aromatic N) is 2. The molecule has 0 spiro atoms. The Hall–Kier alpha value is -1.86. The fourth-order valence-electron chi connectivity index (χ4n) is 1.52. The van der Waals surface area contributed by atoms with Crippen LogP contribution in [0.1, 0.15) is 31.9 Å². The molecule has 4 nitrogen and oxygen atoms in total. The summed E-state index contributed by atoms with van der Waals surface area (Å²) in [6.45, 7) is 6.97. The van der Waals surface area contributed by atoms with Crippen LogP contribution in [0.5, 0.6) is 0 Å². The van der Waals surface area contributed by atoms with Gasteiger partial charge in [0, 0.05) is 19.1 Å². The molecule has 0 bridgehead atoms. The average Bonchev–Trinajstić information content (AvgIpc) is 2.36. The van der Waals surface area contributed by atoms with Crippen LogP contribution in [0.4, 0.5) is 0 Å². The number of nitriles is 1. The lowest BCUT2D eigenvalue weighted by molar-refractivity contribution is -0.129. The normalized spacial score (nSPS) is 10.9. The average molecular weight is 259 g/mol. The van der Waals surface area contributed by atoms with Gasteiger partial charge in [0.05, 0.1) is 18.2 Å². The molecule has 0 saturated heterocycles. The molecule has 0 atom stereocenters. The van der Waals surface area contributed by atoms with Gasteiger partial charge in [0.1, 0.15) is 0 Å². The zero-order valence-corrected chi connectivity index (χ0v) is 12.0. The maximum absolute atomic E-state index is 11.9. The van der Waals surface area contributed by atoms with Crippen molar-refractivity contribution in [2.75, 3.05) is 13.6 Å². The Morgan fingerprint density at radius 2 is 1.89 bits per heavy atom. The third kappa shape index (κ3) is 5.54. The predicted molar refractivity (Wildman–Crippen MR) is 75.4 cm³/mol. The van der Waals surface area contributed by atoms with Gasteiger partial charge in [0.15, 0.2) is 0 Å². The SMILES string of the molecule is CN(Cc1ccc(C#N)cc1)C(=O)CNC(C)(C)C. The van der Waals surface area contributed by atoms with Crippen LogP contribution in [0, 0.1) is 11.3 Å². The topological polar surface area (TPSA) is 56.1 Å². The largest absolute Gasteiger partial charge is 0.340 e. The van der Waals surface area contributed by atoms with E-state index in [1.54, 1.807) is 24.1 Å². The molecule has 1 N–H and O–H groups in total. The van der Waals surface area contributed by atoms with Crippen LogP contribution in [-0.2, 0) is 11.3 Å². The molecule has 0 fully saturated rings. The van der Waals surface area contributed by atoms with Crippen molar-refractivity contribution >= 4 is 5.91 Å². The number of rotatable bonds is 4. The number of hydrogen-bond acceptors (Lipinski definition) is 3. The highest BCUT2D eigenvalue weighted by Crippen LogP contribution is 2.06. The zero-order chi connectivity index (χ0) is 14.5. The van der Waals surface area contributed by atoms with Crippen molar-refractivity contribution in [2.24, 2.45) is 0 Å². The second kappa shape index (κ2) is 6.35. The van der Waals surface area contributed by atoms with E-state index in [-0.39, 0.29) is 11.4 Å². The molecule has 102 valence electrons. The molecule has 0 radical (unpaired) electrons. The van der Waals surface area contributed by atoms with Crippen molar-refractivity contribution < 1.29 is 4.79 Å². The van der Waals surface area contributed by atoms with E-state index in [9.17, 15) is 4.79 Å². The maximum atomic E-state index is 11.9. The molecule has 0 saturated carbocycles. The van der Waals surface area contributed by atoms with E-state index >= 15 is 0 Å². The van der Waals surface area contributed by atoms with Crippen LogP contribution in [0.3, 0.4) is 0 Å². The number of carbonyl (C=O) groups excluding carboxylic acids is 1. The van der Waals surface area contributed by atoms with E-state index in [0.717, 1.165) is 5.56 Å². The van der Waals surface area contributed by atoms with Gasteiger partial charge in [0.2, 0.25) is 5.91 Å². The van der Waals surface area contributed by atoms with Gasteiger partial charge in [-0.05, 0) is 38.5 Å².